The van der Waals surface area contributed by atoms with Crippen molar-refractivity contribution in [2.45, 2.75) is 26.3 Å². The van der Waals surface area contributed by atoms with Crippen LogP contribution in [0, 0.1) is 0 Å². The van der Waals surface area contributed by atoms with Gasteiger partial charge >= 0.3 is 0 Å². The molecular weight excluding hydrogens is 220 g/mol. The van der Waals surface area contributed by atoms with Crippen molar-refractivity contribution < 1.29 is 0 Å². The fraction of sp³-hybridized carbons (Fsp3) is 0.500. The summed E-state index contributed by atoms with van der Waals surface area (Å²) < 4.78 is 0. The first-order valence-corrected chi connectivity index (χ1v) is 6.85. The van der Waals surface area contributed by atoms with Gasteiger partial charge in [-0.1, -0.05) is 37.3 Å². The van der Waals surface area contributed by atoms with Crippen LogP contribution >= 0.6 is 0 Å². The quantitative estimate of drug-likeness (QED) is 0.674. The number of benzene rings is 1. The molecule has 2 heteroatoms. The third kappa shape index (κ3) is 5.48. The van der Waals surface area contributed by atoms with Gasteiger partial charge in [0, 0.05) is 13.1 Å². The van der Waals surface area contributed by atoms with Gasteiger partial charge in [0.1, 0.15) is 0 Å². The first kappa shape index (κ1) is 14.9. The molecule has 1 aromatic rings. The second-order valence-corrected chi connectivity index (χ2v) is 4.69. The van der Waals surface area contributed by atoms with Crippen molar-refractivity contribution in [2.75, 3.05) is 26.7 Å². The van der Waals surface area contributed by atoms with E-state index < -0.39 is 0 Å². The molecule has 0 aliphatic heterocycles. The summed E-state index contributed by atoms with van der Waals surface area (Å²) in [7, 11) is 1.99. The van der Waals surface area contributed by atoms with Gasteiger partial charge in [0.15, 0.2) is 0 Å². The number of hydrogen-bond donors (Lipinski definition) is 1. The fourth-order valence-electron chi connectivity index (χ4n) is 2.07. The summed E-state index contributed by atoms with van der Waals surface area (Å²) in [5.41, 5.74) is 2.79. The van der Waals surface area contributed by atoms with Gasteiger partial charge in [-0.05, 0) is 44.1 Å². The highest BCUT2D eigenvalue weighted by atomic mass is 15.1. The fourth-order valence-corrected chi connectivity index (χ4v) is 2.07. The molecule has 1 aromatic carbocycles. The summed E-state index contributed by atoms with van der Waals surface area (Å²) in [4.78, 5) is 2.43. The lowest BCUT2D eigenvalue weighted by Gasteiger charge is -2.20. The molecule has 1 rings (SSSR count). The lowest BCUT2D eigenvalue weighted by Crippen LogP contribution is -2.24. The Balaban J connectivity index is 2.52. The predicted octanol–water partition coefficient (Wildman–Crippen LogP) is 2.85. The van der Waals surface area contributed by atoms with Gasteiger partial charge in [-0.15, -0.1) is 6.58 Å². The van der Waals surface area contributed by atoms with Crippen molar-refractivity contribution in [2.24, 2.45) is 0 Å². The molecule has 0 fully saturated rings. The molecule has 0 atom stereocenters. The van der Waals surface area contributed by atoms with E-state index in [0.29, 0.717) is 0 Å². The summed E-state index contributed by atoms with van der Waals surface area (Å²) in [5.74, 6) is 0. The monoisotopic (exact) mass is 246 g/mol. The number of hydrogen-bond acceptors (Lipinski definition) is 2. The summed E-state index contributed by atoms with van der Waals surface area (Å²) in [6.07, 6.45) is 4.27. The minimum absolute atomic E-state index is 0.968. The Hall–Kier alpha value is -1.12. The van der Waals surface area contributed by atoms with Crippen LogP contribution in [0.1, 0.15) is 24.5 Å². The van der Waals surface area contributed by atoms with Crippen molar-refractivity contribution in [3.63, 3.8) is 0 Å². The highest BCUT2D eigenvalue weighted by Crippen LogP contribution is 2.08. The Labute approximate surface area is 112 Å². The third-order valence-corrected chi connectivity index (χ3v) is 3.02. The number of nitrogens with zero attached hydrogens (tertiary/aromatic N) is 1. The molecule has 0 aliphatic carbocycles. The van der Waals surface area contributed by atoms with Crippen LogP contribution in [0.25, 0.3) is 0 Å². The van der Waals surface area contributed by atoms with E-state index in [-0.39, 0.29) is 0 Å². The lowest BCUT2D eigenvalue weighted by atomic mass is 10.1. The first-order chi connectivity index (χ1) is 8.80. The minimum atomic E-state index is 0.968. The molecule has 0 heterocycles. The van der Waals surface area contributed by atoms with Crippen molar-refractivity contribution in [1.82, 2.24) is 10.2 Å². The smallest absolute Gasteiger partial charge is 0.0237 e. The molecule has 100 valence electrons. The van der Waals surface area contributed by atoms with Gasteiger partial charge in [-0.3, -0.25) is 4.90 Å². The zero-order valence-electron chi connectivity index (χ0n) is 11.8. The zero-order chi connectivity index (χ0) is 13.2. The van der Waals surface area contributed by atoms with Crippen molar-refractivity contribution in [3.05, 3.63) is 48.0 Å². The summed E-state index contributed by atoms with van der Waals surface area (Å²) in [6.45, 7) is 10.2. The van der Waals surface area contributed by atoms with E-state index in [0.717, 1.165) is 32.6 Å². The van der Waals surface area contributed by atoms with Crippen LogP contribution in [0.4, 0.5) is 0 Å². The van der Waals surface area contributed by atoms with E-state index in [1.807, 2.05) is 13.1 Å². The Kier molecular flexibility index (Phi) is 7.38. The SMILES string of the molecule is C=CCN(CCC)Cc1ccc(CCNC)cc1. The highest BCUT2D eigenvalue weighted by Gasteiger charge is 2.03. The van der Waals surface area contributed by atoms with E-state index in [1.165, 1.54) is 17.5 Å². The molecule has 0 amide bonds. The van der Waals surface area contributed by atoms with Gasteiger partial charge in [-0.2, -0.15) is 0 Å². The van der Waals surface area contributed by atoms with E-state index >= 15 is 0 Å². The molecule has 0 bridgehead atoms. The number of nitrogens with one attached hydrogen (secondary N) is 1. The Morgan fingerprint density at radius 2 is 1.89 bits per heavy atom. The minimum Gasteiger partial charge on any atom is -0.319 e. The van der Waals surface area contributed by atoms with E-state index in [1.54, 1.807) is 0 Å². The van der Waals surface area contributed by atoms with Crippen LogP contribution in [0.3, 0.4) is 0 Å². The van der Waals surface area contributed by atoms with Crippen molar-refractivity contribution in [3.8, 4) is 0 Å². The van der Waals surface area contributed by atoms with Crippen LogP contribution in [-0.2, 0) is 13.0 Å². The third-order valence-electron chi connectivity index (χ3n) is 3.02. The molecule has 0 spiro atoms. The molecule has 0 saturated carbocycles. The molecular formula is C16H26N2. The maximum atomic E-state index is 3.82. The molecule has 0 aromatic heterocycles. The Morgan fingerprint density at radius 3 is 2.44 bits per heavy atom. The van der Waals surface area contributed by atoms with Gasteiger partial charge in [0.05, 0.1) is 0 Å². The van der Waals surface area contributed by atoms with Crippen LogP contribution < -0.4 is 5.32 Å². The summed E-state index contributed by atoms with van der Waals surface area (Å²) >= 11 is 0. The second-order valence-electron chi connectivity index (χ2n) is 4.69. The highest BCUT2D eigenvalue weighted by molar-refractivity contribution is 5.22. The molecule has 0 saturated heterocycles. The van der Waals surface area contributed by atoms with Crippen molar-refractivity contribution >= 4 is 0 Å². The maximum Gasteiger partial charge on any atom is 0.0237 e. The maximum absolute atomic E-state index is 3.82. The molecule has 0 unspecified atom stereocenters. The number of rotatable bonds is 9. The number of likely N-dealkylation sites (N-methyl/N-ethyl adjacent to an activating group) is 1. The molecule has 0 aliphatic rings. The van der Waals surface area contributed by atoms with Crippen LogP contribution in [0.15, 0.2) is 36.9 Å². The first-order valence-electron chi connectivity index (χ1n) is 6.85. The topological polar surface area (TPSA) is 15.3 Å². The predicted molar refractivity (Wildman–Crippen MR) is 79.8 cm³/mol. The van der Waals surface area contributed by atoms with E-state index in [4.69, 9.17) is 0 Å². The average Bonchev–Trinajstić information content (AvgIpc) is 2.38. The van der Waals surface area contributed by atoms with Gasteiger partial charge in [-0.25, -0.2) is 0 Å². The molecule has 18 heavy (non-hydrogen) atoms. The largest absolute Gasteiger partial charge is 0.319 e. The summed E-state index contributed by atoms with van der Waals surface area (Å²) in [6, 6.07) is 8.98. The normalized spacial score (nSPS) is 10.8. The Morgan fingerprint density at radius 1 is 1.22 bits per heavy atom. The molecule has 0 radical (unpaired) electrons. The van der Waals surface area contributed by atoms with Crippen LogP contribution in [-0.4, -0.2) is 31.6 Å². The lowest BCUT2D eigenvalue weighted by molar-refractivity contribution is 0.295. The standard InChI is InChI=1S/C16H26N2/c1-4-12-18(13-5-2)14-16-8-6-15(7-9-16)10-11-17-3/h4,6-9,17H,1,5,10-14H2,2-3H3. The Bertz CT molecular complexity index is 329. The van der Waals surface area contributed by atoms with E-state index in [9.17, 15) is 0 Å². The van der Waals surface area contributed by atoms with E-state index in [2.05, 4.69) is 48.0 Å². The molecule has 2 nitrogen and oxygen atoms in total. The zero-order valence-corrected chi connectivity index (χ0v) is 11.8. The average molecular weight is 246 g/mol. The second kappa shape index (κ2) is 8.90. The van der Waals surface area contributed by atoms with Crippen molar-refractivity contribution in [1.29, 1.82) is 0 Å². The summed E-state index contributed by atoms with van der Waals surface area (Å²) in [5, 5.41) is 3.18. The van der Waals surface area contributed by atoms with Crippen LogP contribution in [0.5, 0.6) is 0 Å². The van der Waals surface area contributed by atoms with Crippen LogP contribution in [0.2, 0.25) is 0 Å². The van der Waals surface area contributed by atoms with Gasteiger partial charge < -0.3 is 5.32 Å². The van der Waals surface area contributed by atoms with Gasteiger partial charge in [0.25, 0.3) is 0 Å². The van der Waals surface area contributed by atoms with Gasteiger partial charge in [0.2, 0.25) is 0 Å². The molecule has 1 N–H and O–H groups in total.